The Bertz CT molecular complexity index is 472. The van der Waals surface area contributed by atoms with Crippen LogP contribution >= 0.6 is 0 Å². The van der Waals surface area contributed by atoms with Crippen molar-refractivity contribution in [3.05, 3.63) is 22.8 Å². The molecule has 1 aromatic rings. The van der Waals surface area contributed by atoms with Crippen molar-refractivity contribution in [3.8, 4) is 11.5 Å². The van der Waals surface area contributed by atoms with Gasteiger partial charge in [0.25, 0.3) is 0 Å². The van der Waals surface area contributed by atoms with Crippen LogP contribution in [-0.2, 0) is 12.8 Å². The monoisotopic (exact) mass is 273 g/mol. The summed E-state index contributed by atoms with van der Waals surface area (Å²) in [7, 11) is 0. The first kappa shape index (κ1) is 12.5. The molecule has 0 aromatic heterocycles. The van der Waals surface area contributed by atoms with E-state index in [4.69, 9.17) is 9.47 Å². The molecule has 0 saturated carbocycles. The van der Waals surface area contributed by atoms with Crippen LogP contribution in [0.3, 0.4) is 0 Å². The fourth-order valence-corrected chi connectivity index (χ4v) is 3.89. The standard InChI is InChI=1S/C17H23NO2/c1-4-13(11-18-7-1)16-14-6-3-8-19-15(14)10-12-5-2-9-20-17(12)16/h10,13,18H,1-9,11H2. The largest absolute Gasteiger partial charge is 0.493 e. The Labute approximate surface area is 120 Å². The van der Waals surface area contributed by atoms with Crippen LogP contribution in [0.15, 0.2) is 6.07 Å². The van der Waals surface area contributed by atoms with E-state index in [1.807, 2.05) is 0 Å². The topological polar surface area (TPSA) is 30.5 Å². The van der Waals surface area contributed by atoms with Crippen LogP contribution in [0.2, 0.25) is 0 Å². The lowest BCUT2D eigenvalue weighted by molar-refractivity contribution is 0.265. The van der Waals surface area contributed by atoms with E-state index in [-0.39, 0.29) is 0 Å². The lowest BCUT2D eigenvalue weighted by atomic mass is 9.83. The molecule has 0 aliphatic carbocycles. The Morgan fingerprint density at radius 1 is 1.05 bits per heavy atom. The molecular weight excluding hydrogens is 250 g/mol. The zero-order valence-corrected chi connectivity index (χ0v) is 12.0. The van der Waals surface area contributed by atoms with Crippen molar-refractivity contribution in [2.24, 2.45) is 0 Å². The zero-order valence-electron chi connectivity index (χ0n) is 12.0. The van der Waals surface area contributed by atoms with Gasteiger partial charge >= 0.3 is 0 Å². The smallest absolute Gasteiger partial charge is 0.126 e. The molecule has 1 atom stereocenters. The normalized spacial score (nSPS) is 25.1. The third-order valence-electron chi connectivity index (χ3n) is 4.83. The van der Waals surface area contributed by atoms with Gasteiger partial charge in [0, 0.05) is 23.6 Å². The molecule has 3 nitrogen and oxygen atoms in total. The highest BCUT2D eigenvalue weighted by Crippen LogP contribution is 2.44. The molecule has 1 aromatic carbocycles. The Hall–Kier alpha value is -1.22. The van der Waals surface area contributed by atoms with Gasteiger partial charge in [-0.3, -0.25) is 0 Å². The summed E-state index contributed by atoms with van der Waals surface area (Å²) in [5.74, 6) is 2.95. The Morgan fingerprint density at radius 3 is 2.85 bits per heavy atom. The summed E-state index contributed by atoms with van der Waals surface area (Å²) in [6.07, 6.45) is 7.10. The second kappa shape index (κ2) is 5.28. The van der Waals surface area contributed by atoms with Crippen molar-refractivity contribution in [2.75, 3.05) is 26.3 Å². The summed E-state index contributed by atoms with van der Waals surface area (Å²) in [5.41, 5.74) is 4.28. The molecule has 1 fully saturated rings. The fraction of sp³-hybridized carbons (Fsp3) is 0.647. The first-order chi connectivity index (χ1) is 9.93. The van der Waals surface area contributed by atoms with Crippen LogP contribution in [0.1, 0.15) is 48.3 Å². The van der Waals surface area contributed by atoms with E-state index < -0.39 is 0 Å². The molecule has 108 valence electrons. The van der Waals surface area contributed by atoms with Gasteiger partial charge in [0.05, 0.1) is 13.2 Å². The third kappa shape index (κ3) is 2.08. The summed E-state index contributed by atoms with van der Waals surface area (Å²) in [5, 5.41) is 3.55. The predicted molar refractivity (Wildman–Crippen MR) is 78.9 cm³/mol. The van der Waals surface area contributed by atoms with E-state index in [1.165, 1.54) is 35.3 Å². The summed E-state index contributed by atoms with van der Waals surface area (Å²) in [6.45, 7) is 3.99. The molecule has 3 heteroatoms. The predicted octanol–water partition coefficient (Wildman–Crippen LogP) is 2.80. The molecular formula is C17H23NO2. The molecule has 0 bridgehead atoms. The first-order valence-corrected chi connectivity index (χ1v) is 8.08. The molecule has 0 amide bonds. The number of hydrogen-bond acceptors (Lipinski definition) is 3. The maximum atomic E-state index is 6.09. The maximum Gasteiger partial charge on any atom is 0.126 e. The van der Waals surface area contributed by atoms with E-state index in [2.05, 4.69) is 11.4 Å². The number of benzene rings is 1. The average Bonchev–Trinajstić information content (AvgIpc) is 2.53. The number of nitrogens with one attached hydrogen (secondary N) is 1. The second-order valence-electron chi connectivity index (χ2n) is 6.20. The second-order valence-corrected chi connectivity index (χ2v) is 6.20. The summed E-state index contributed by atoms with van der Waals surface area (Å²) in [4.78, 5) is 0. The highest BCUT2D eigenvalue weighted by molar-refractivity contribution is 5.57. The lowest BCUT2D eigenvalue weighted by Crippen LogP contribution is -2.30. The van der Waals surface area contributed by atoms with Gasteiger partial charge in [-0.2, -0.15) is 0 Å². The van der Waals surface area contributed by atoms with Gasteiger partial charge in [-0.25, -0.2) is 0 Å². The number of ether oxygens (including phenoxy) is 2. The van der Waals surface area contributed by atoms with E-state index in [0.29, 0.717) is 5.92 Å². The zero-order chi connectivity index (χ0) is 13.4. The number of fused-ring (bicyclic) bond motifs is 2. The Kier molecular flexibility index (Phi) is 3.31. The van der Waals surface area contributed by atoms with E-state index in [0.717, 1.165) is 57.7 Å². The van der Waals surface area contributed by atoms with Gasteiger partial charge in [0.2, 0.25) is 0 Å². The van der Waals surface area contributed by atoms with Gasteiger partial charge < -0.3 is 14.8 Å². The highest BCUT2D eigenvalue weighted by Gasteiger charge is 2.29. The third-order valence-corrected chi connectivity index (χ3v) is 4.83. The van der Waals surface area contributed by atoms with Gasteiger partial charge in [0.15, 0.2) is 0 Å². The summed E-state index contributed by atoms with van der Waals surface area (Å²) < 4.78 is 12.0. The molecule has 4 rings (SSSR count). The quantitative estimate of drug-likeness (QED) is 0.853. The van der Waals surface area contributed by atoms with Crippen molar-refractivity contribution in [3.63, 3.8) is 0 Å². The molecule has 20 heavy (non-hydrogen) atoms. The Balaban J connectivity index is 1.84. The van der Waals surface area contributed by atoms with Crippen LogP contribution in [0.5, 0.6) is 11.5 Å². The number of hydrogen-bond donors (Lipinski definition) is 1. The maximum absolute atomic E-state index is 6.09. The molecule has 1 saturated heterocycles. The lowest BCUT2D eigenvalue weighted by Gasteiger charge is -2.33. The molecule has 3 heterocycles. The molecule has 0 radical (unpaired) electrons. The molecule has 1 unspecified atom stereocenters. The van der Waals surface area contributed by atoms with Gasteiger partial charge in [-0.05, 0) is 56.7 Å². The minimum Gasteiger partial charge on any atom is -0.493 e. The SMILES string of the molecule is c1c2c(c(C3CCCNC3)c3c1OCCC3)OCCC2. The number of piperidine rings is 1. The molecule has 0 spiro atoms. The number of aryl methyl sites for hydroxylation is 1. The Morgan fingerprint density at radius 2 is 1.95 bits per heavy atom. The van der Waals surface area contributed by atoms with Crippen LogP contribution in [0.4, 0.5) is 0 Å². The van der Waals surface area contributed by atoms with Crippen molar-refractivity contribution < 1.29 is 9.47 Å². The van der Waals surface area contributed by atoms with Crippen LogP contribution in [-0.4, -0.2) is 26.3 Å². The van der Waals surface area contributed by atoms with Crippen molar-refractivity contribution >= 4 is 0 Å². The first-order valence-electron chi connectivity index (χ1n) is 8.08. The average molecular weight is 273 g/mol. The molecule has 3 aliphatic heterocycles. The molecule has 1 N–H and O–H groups in total. The van der Waals surface area contributed by atoms with Crippen LogP contribution in [0.25, 0.3) is 0 Å². The number of rotatable bonds is 1. The van der Waals surface area contributed by atoms with E-state index in [1.54, 1.807) is 0 Å². The molecule has 3 aliphatic rings. The van der Waals surface area contributed by atoms with Gasteiger partial charge in [-0.1, -0.05) is 0 Å². The highest BCUT2D eigenvalue weighted by atomic mass is 16.5. The van der Waals surface area contributed by atoms with Crippen molar-refractivity contribution in [1.29, 1.82) is 0 Å². The van der Waals surface area contributed by atoms with Crippen molar-refractivity contribution in [1.82, 2.24) is 5.32 Å². The van der Waals surface area contributed by atoms with Gasteiger partial charge in [0.1, 0.15) is 11.5 Å². The van der Waals surface area contributed by atoms with Crippen LogP contribution in [0, 0.1) is 0 Å². The summed E-state index contributed by atoms with van der Waals surface area (Å²) >= 11 is 0. The minimum absolute atomic E-state index is 0.604. The fourth-order valence-electron chi connectivity index (χ4n) is 3.89. The van der Waals surface area contributed by atoms with E-state index in [9.17, 15) is 0 Å². The minimum atomic E-state index is 0.604. The van der Waals surface area contributed by atoms with Gasteiger partial charge in [-0.15, -0.1) is 0 Å². The van der Waals surface area contributed by atoms with E-state index >= 15 is 0 Å². The van der Waals surface area contributed by atoms with Crippen LogP contribution < -0.4 is 14.8 Å². The van der Waals surface area contributed by atoms with Crippen molar-refractivity contribution in [2.45, 2.75) is 44.4 Å². The summed E-state index contributed by atoms with van der Waals surface area (Å²) in [6, 6.07) is 2.25.